The van der Waals surface area contributed by atoms with Crippen molar-refractivity contribution in [2.45, 2.75) is 45.3 Å². The predicted molar refractivity (Wildman–Crippen MR) is 131 cm³/mol. The Bertz CT molecular complexity index is 1390. The number of aryl methyl sites for hydroxylation is 2. The van der Waals surface area contributed by atoms with E-state index in [4.69, 9.17) is 0 Å². The maximum absolute atomic E-state index is 15.0. The summed E-state index contributed by atoms with van der Waals surface area (Å²) in [5.74, 6) is -0.725. The summed E-state index contributed by atoms with van der Waals surface area (Å²) >= 11 is 0. The van der Waals surface area contributed by atoms with Gasteiger partial charge in [-0.1, -0.05) is 18.2 Å². The molecule has 0 aliphatic heterocycles. The molecule has 1 aliphatic carbocycles. The lowest BCUT2D eigenvalue weighted by molar-refractivity contribution is 0.0869. The highest BCUT2D eigenvalue weighted by Crippen LogP contribution is 2.38. The number of carbonyl (C=O) groups excluding carboxylic acids is 1. The number of aliphatic hydroxyl groups excluding tert-OH is 1. The van der Waals surface area contributed by atoms with Crippen molar-refractivity contribution in [2.24, 2.45) is 0 Å². The van der Waals surface area contributed by atoms with Gasteiger partial charge >= 0.3 is 0 Å². The molecule has 1 fully saturated rings. The molecular formula is C28H26FN3O2. The van der Waals surface area contributed by atoms with Crippen LogP contribution in [0.25, 0.3) is 33.2 Å². The average Bonchev–Trinajstić information content (AvgIpc) is 3.23. The van der Waals surface area contributed by atoms with E-state index in [0.29, 0.717) is 23.1 Å². The monoisotopic (exact) mass is 455 g/mol. The van der Waals surface area contributed by atoms with Gasteiger partial charge in [0.2, 0.25) is 0 Å². The number of benzene rings is 2. The summed E-state index contributed by atoms with van der Waals surface area (Å²) < 4.78 is 15.0. The first-order valence-electron chi connectivity index (χ1n) is 11.5. The number of carbonyl (C=O) groups is 1. The van der Waals surface area contributed by atoms with Crippen LogP contribution in [-0.4, -0.2) is 33.1 Å². The van der Waals surface area contributed by atoms with Crippen LogP contribution in [0.2, 0.25) is 0 Å². The molecule has 0 saturated heterocycles. The molecule has 2 N–H and O–H groups in total. The highest BCUT2D eigenvalue weighted by atomic mass is 19.1. The number of aliphatic hydroxyl groups is 1. The summed E-state index contributed by atoms with van der Waals surface area (Å²) in [7, 11) is 0. The van der Waals surface area contributed by atoms with Crippen LogP contribution < -0.4 is 5.32 Å². The molecule has 5 nitrogen and oxygen atoms in total. The van der Waals surface area contributed by atoms with E-state index in [2.05, 4.69) is 15.3 Å². The Labute approximate surface area is 197 Å². The van der Waals surface area contributed by atoms with Crippen LogP contribution in [0.1, 0.15) is 40.9 Å². The lowest BCUT2D eigenvalue weighted by Gasteiger charge is -2.19. The van der Waals surface area contributed by atoms with Gasteiger partial charge in [-0.2, -0.15) is 0 Å². The van der Waals surface area contributed by atoms with E-state index < -0.39 is 6.10 Å². The minimum Gasteiger partial charge on any atom is -0.391 e. The molecule has 0 radical (unpaired) electrons. The first-order valence-corrected chi connectivity index (χ1v) is 11.5. The second-order valence-electron chi connectivity index (χ2n) is 8.94. The molecule has 2 heterocycles. The number of hydrogen-bond acceptors (Lipinski definition) is 4. The van der Waals surface area contributed by atoms with Gasteiger partial charge in [0.15, 0.2) is 0 Å². The molecule has 172 valence electrons. The third-order valence-corrected chi connectivity index (χ3v) is 6.71. The molecule has 1 aliphatic rings. The molecule has 2 aromatic heterocycles. The first-order chi connectivity index (χ1) is 16.4. The van der Waals surface area contributed by atoms with Crippen molar-refractivity contribution in [3.8, 4) is 22.3 Å². The van der Waals surface area contributed by atoms with Gasteiger partial charge in [-0.25, -0.2) is 9.37 Å². The Hall–Kier alpha value is -3.64. The second kappa shape index (κ2) is 8.95. The number of fused-ring (bicyclic) bond motifs is 1. The Balaban J connectivity index is 1.73. The maximum atomic E-state index is 15.0. The minimum atomic E-state index is -0.553. The number of pyridine rings is 2. The van der Waals surface area contributed by atoms with Crippen LogP contribution in [0.5, 0.6) is 0 Å². The fraction of sp³-hybridized carbons (Fsp3) is 0.250. The third-order valence-electron chi connectivity index (χ3n) is 6.71. The van der Waals surface area contributed by atoms with Crippen molar-refractivity contribution in [2.75, 3.05) is 0 Å². The van der Waals surface area contributed by atoms with Crippen molar-refractivity contribution in [3.05, 3.63) is 83.6 Å². The average molecular weight is 456 g/mol. The Morgan fingerprint density at radius 3 is 2.53 bits per heavy atom. The predicted octanol–water partition coefficient (Wildman–Crippen LogP) is 5.36. The largest absolute Gasteiger partial charge is 0.391 e. The molecular weight excluding hydrogens is 429 g/mol. The van der Waals surface area contributed by atoms with E-state index in [1.807, 2.05) is 32.0 Å². The summed E-state index contributed by atoms with van der Waals surface area (Å²) in [4.78, 5) is 21.9. The number of hydrogen-bond donors (Lipinski definition) is 2. The number of nitrogens with one attached hydrogen (secondary N) is 1. The second-order valence-corrected chi connectivity index (χ2v) is 8.94. The number of nitrogens with zero attached hydrogens (tertiary/aromatic N) is 2. The quantitative estimate of drug-likeness (QED) is 0.434. The highest BCUT2D eigenvalue weighted by molar-refractivity contribution is 6.05. The van der Waals surface area contributed by atoms with Gasteiger partial charge < -0.3 is 10.4 Å². The van der Waals surface area contributed by atoms with E-state index in [-0.39, 0.29) is 23.5 Å². The maximum Gasteiger partial charge on any atom is 0.270 e. The number of amides is 1. The molecule has 0 unspecified atom stereocenters. The standard InChI is InChI=1S/C28H26FN3O2/c1-16-14-23-27(17(2)26(16)18-10-12-30-13-11-18)20(19-6-3-4-7-21(19)29)15-24(31-23)28(34)32-22-8-5-9-25(22)33/h3-4,6-7,10-15,22,25,33H,5,8-9H2,1-2H3,(H,32,34)/t22-,25-/m0/s1. The smallest absolute Gasteiger partial charge is 0.270 e. The van der Waals surface area contributed by atoms with E-state index in [1.54, 1.807) is 36.7 Å². The molecule has 2 aromatic carbocycles. The molecule has 6 heteroatoms. The van der Waals surface area contributed by atoms with Gasteiger partial charge in [-0.05, 0) is 91.3 Å². The van der Waals surface area contributed by atoms with E-state index in [9.17, 15) is 14.3 Å². The molecule has 4 aromatic rings. The zero-order valence-corrected chi connectivity index (χ0v) is 19.2. The summed E-state index contributed by atoms with van der Waals surface area (Å²) in [6.45, 7) is 4.01. The molecule has 0 bridgehead atoms. The minimum absolute atomic E-state index is 0.209. The summed E-state index contributed by atoms with van der Waals surface area (Å²) in [6, 6.07) is 13.8. The van der Waals surface area contributed by atoms with Crippen LogP contribution in [0.4, 0.5) is 4.39 Å². The van der Waals surface area contributed by atoms with Crippen molar-refractivity contribution >= 4 is 16.8 Å². The molecule has 0 spiro atoms. The summed E-state index contributed by atoms with van der Waals surface area (Å²) in [5, 5.41) is 13.9. The highest BCUT2D eigenvalue weighted by Gasteiger charge is 2.28. The van der Waals surface area contributed by atoms with Crippen molar-refractivity contribution in [3.63, 3.8) is 0 Å². The summed E-state index contributed by atoms with van der Waals surface area (Å²) in [5.41, 5.74) is 5.90. The normalized spacial score (nSPS) is 17.8. The molecule has 1 amide bonds. The molecule has 2 atom stereocenters. The molecule has 34 heavy (non-hydrogen) atoms. The van der Waals surface area contributed by atoms with Crippen molar-refractivity contribution < 1.29 is 14.3 Å². The van der Waals surface area contributed by atoms with Gasteiger partial charge in [0.25, 0.3) is 5.91 Å². The molecule has 5 rings (SSSR count). The number of aromatic nitrogens is 2. The zero-order valence-electron chi connectivity index (χ0n) is 19.2. The van der Waals surface area contributed by atoms with Crippen LogP contribution >= 0.6 is 0 Å². The fourth-order valence-electron chi connectivity index (χ4n) is 5.08. The van der Waals surface area contributed by atoms with Crippen molar-refractivity contribution in [1.29, 1.82) is 0 Å². The van der Waals surface area contributed by atoms with Crippen LogP contribution in [0.3, 0.4) is 0 Å². The SMILES string of the molecule is Cc1cc2nc(C(=O)N[C@H]3CCC[C@@H]3O)cc(-c3ccccc3F)c2c(C)c1-c1ccncc1. The van der Waals surface area contributed by atoms with E-state index in [0.717, 1.165) is 40.5 Å². The van der Waals surface area contributed by atoms with Crippen molar-refractivity contribution in [1.82, 2.24) is 15.3 Å². The summed E-state index contributed by atoms with van der Waals surface area (Å²) in [6.07, 6.45) is 5.22. The fourth-order valence-corrected chi connectivity index (χ4v) is 5.08. The van der Waals surface area contributed by atoms with Gasteiger partial charge in [0, 0.05) is 23.3 Å². The lowest BCUT2D eigenvalue weighted by atomic mass is 9.89. The van der Waals surface area contributed by atoms with Crippen LogP contribution in [0, 0.1) is 19.7 Å². The van der Waals surface area contributed by atoms with Gasteiger partial charge in [0.05, 0.1) is 17.7 Å². The lowest BCUT2D eigenvalue weighted by Crippen LogP contribution is -2.40. The van der Waals surface area contributed by atoms with E-state index in [1.165, 1.54) is 6.07 Å². The van der Waals surface area contributed by atoms with Crippen LogP contribution in [0.15, 0.2) is 60.9 Å². The van der Waals surface area contributed by atoms with Crippen LogP contribution in [-0.2, 0) is 0 Å². The first kappa shape index (κ1) is 22.2. The Morgan fingerprint density at radius 2 is 1.82 bits per heavy atom. The Morgan fingerprint density at radius 1 is 1.06 bits per heavy atom. The number of halogens is 1. The molecule has 1 saturated carbocycles. The Kier molecular flexibility index (Phi) is 5.84. The van der Waals surface area contributed by atoms with E-state index >= 15 is 0 Å². The van der Waals surface area contributed by atoms with Gasteiger partial charge in [-0.3, -0.25) is 9.78 Å². The topological polar surface area (TPSA) is 75.1 Å². The van der Waals surface area contributed by atoms with Gasteiger partial charge in [0.1, 0.15) is 11.5 Å². The van der Waals surface area contributed by atoms with Gasteiger partial charge in [-0.15, -0.1) is 0 Å². The number of rotatable bonds is 4. The third kappa shape index (κ3) is 3.94. The zero-order chi connectivity index (χ0) is 23.8.